The highest BCUT2D eigenvalue weighted by Crippen LogP contribution is 2.08. The maximum atomic E-state index is 11.5. The largest absolute Gasteiger partial charge is 0.379 e. The zero-order valence-corrected chi connectivity index (χ0v) is 10.8. The fourth-order valence-electron chi connectivity index (χ4n) is 1.74. The minimum Gasteiger partial charge on any atom is -0.379 e. The number of amides is 1. The number of hydrogen-bond acceptors (Lipinski definition) is 4. The Morgan fingerprint density at radius 1 is 1.59 bits per heavy atom. The van der Waals surface area contributed by atoms with Crippen molar-refractivity contribution in [3.63, 3.8) is 0 Å². The first-order chi connectivity index (χ1) is 8.22. The molecule has 0 saturated carbocycles. The van der Waals surface area contributed by atoms with Crippen molar-refractivity contribution in [3.8, 4) is 0 Å². The van der Waals surface area contributed by atoms with Crippen LogP contribution in [0.15, 0.2) is 0 Å². The van der Waals surface area contributed by atoms with Crippen molar-refractivity contribution in [3.05, 3.63) is 0 Å². The number of carbonyl (C=O) groups is 1. The summed E-state index contributed by atoms with van der Waals surface area (Å²) >= 11 is 0. The number of hydrogen-bond donors (Lipinski definition) is 2. The van der Waals surface area contributed by atoms with Crippen LogP contribution in [0.1, 0.15) is 26.2 Å². The van der Waals surface area contributed by atoms with E-state index >= 15 is 0 Å². The van der Waals surface area contributed by atoms with E-state index < -0.39 is 0 Å². The third-order valence-electron chi connectivity index (χ3n) is 2.71. The fourth-order valence-corrected chi connectivity index (χ4v) is 1.74. The van der Waals surface area contributed by atoms with Crippen molar-refractivity contribution in [2.45, 2.75) is 38.3 Å². The summed E-state index contributed by atoms with van der Waals surface area (Å²) in [7, 11) is 1.89. The molecule has 2 N–H and O–H groups in total. The van der Waals surface area contributed by atoms with Crippen LogP contribution in [0.5, 0.6) is 0 Å². The number of ether oxygens (including phenoxy) is 2. The van der Waals surface area contributed by atoms with E-state index in [-0.39, 0.29) is 18.1 Å². The molecule has 0 aromatic heterocycles. The zero-order valence-electron chi connectivity index (χ0n) is 10.8. The van der Waals surface area contributed by atoms with Crippen molar-refractivity contribution in [2.24, 2.45) is 0 Å². The molecular formula is C12H24N2O3. The standard InChI is InChI=1S/C12H24N2O3/c1-10(8-17-11-5-7-16-9-11)14-12(15)4-3-6-13-2/h10-11,13H,3-9H2,1-2H3,(H,14,15). The topological polar surface area (TPSA) is 59.6 Å². The SMILES string of the molecule is CNCCCC(=O)NC(C)COC1CCOC1. The second kappa shape index (κ2) is 8.44. The van der Waals surface area contributed by atoms with Crippen LogP contribution in [0.4, 0.5) is 0 Å². The monoisotopic (exact) mass is 244 g/mol. The van der Waals surface area contributed by atoms with Gasteiger partial charge in [0.2, 0.25) is 5.91 Å². The van der Waals surface area contributed by atoms with Gasteiger partial charge >= 0.3 is 0 Å². The Balaban J connectivity index is 2.02. The average Bonchev–Trinajstić information content (AvgIpc) is 2.79. The van der Waals surface area contributed by atoms with E-state index in [1.807, 2.05) is 14.0 Å². The molecule has 0 aromatic carbocycles. The molecule has 0 aromatic rings. The second-order valence-corrected chi connectivity index (χ2v) is 4.49. The van der Waals surface area contributed by atoms with Crippen LogP contribution in [0, 0.1) is 0 Å². The maximum absolute atomic E-state index is 11.5. The van der Waals surface area contributed by atoms with E-state index in [1.54, 1.807) is 0 Å². The van der Waals surface area contributed by atoms with Gasteiger partial charge in [-0.25, -0.2) is 0 Å². The van der Waals surface area contributed by atoms with Gasteiger partial charge in [0.1, 0.15) is 0 Å². The summed E-state index contributed by atoms with van der Waals surface area (Å²) in [6.45, 7) is 4.87. The van der Waals surface area contributed by atoms with Crippen molar-refractivity contribution in [1.29, 1.82) is 0 Å². The van der Waals surface area contributed by atoms with Crippen LogP contribution in [-0.4, -0.2) is 51.5 Å². The van der Waals surface area contributed by atoms with Crippen molar-refractivity contribution in [2.75, 3.05) is 33.4 Å². The van der Waals surface area contributed by atoms with E-state index in [9.17, 15) is 4.79 Å². The summed E-state index contributed by atoms with van der Waals surface area (Å²) in [5, 5.41) is 5.95. The van der Waals surface area contributed by atoms with Gasteiger partial charge in [0.15, 0.2) is 0 Å². The first-order valence-corrected chi connectivity index (χ1v) is 6.35. The van der Waals surface area contributed by atoms with Crippen LogP contribution in [0.25, 0.3) is 0 Å². The quantitative estimate of drug-likeness (QED) is 0.603. The van der Waals surface area contributed by atoms with Gasteiger partial charge in [-0.1, -0.05) is 0 Å². The Morgan fingerprint density at radius 2 is 2.41 bits per heavy atom. The Labute approximate surface area is 103 Å². The zero-order chi connectivity index (χ0) is 12.5. The smallest absolute Gasteiger partial charge is 0.220 e. The number of nitrogens with one attached hydrogen (secondary N) is 2. The number of carbonyl (C=O) groups excluding carboxylic acids is 1. The van der Waals surface area contributed by atoms with E-state index in [2.05, 4.69) is 10.6 Å². The van der Waals surface area contributed by atoms with Gasteiger partial charge in [0.05, 0.1) is 19.3 Å². The van der Waals surface area contributed by atoms with Crippen LogP contribution in [0.3, 0.4) is 0 Å². The van der Waals surface area contributed by atoms with E-state index in [0.717, 1.165) is 26.0 Å². The van der Waals surface area contributed by atoms with Gasteiger partial charge in [-0.15, -0.1) is 0 Å². The van der Waals surface area contributed by atoms with Gasteiger partial charge in [-0.3, -0.25) is 4.79 Å². The molecule has 1 saturated heterocycles. The van der Waals surface area contributed by atoms with Crippen molar-refractivity contribution in [1.82, 2.24) is 10.6 Å². The lowest BCUT2D eigenvalue weighted by atomic mass is 10.2. The molecule has 2 atom stereocenters. The lowest BCUT2D eigenvalue weighted by Crippen LogP contribution is -2.37. The Hall–Kier alpha value is -0.650. The van der Waals surface area contributed by atoms with E-state index in [1.165, 1.54) is 0 Å². The summed E-state index contributed by atoms with van der Waals surface area (Å²) in [5.41, 5.74) is 0. The normalized spacial score (nSPS) is 21.4. The lowest BCUT2D eigenvalue weighted by Gasteiger charge is -2.16. The van der Waals surface area contributed by atoms with Gasteiger partial charge in [-0.2, -0.15) is 0 Å². The highest BCUT2D eigenvalue weighted by atomic mass is 16.5. The average molecular weight is 244 g/mol. The molecule has 0 aliphatic carbocycles. The van der Waals surface area contributed by atoms with E-state index in [0.29, 0.717) is 19.6 Å². The summed E-state index contributed by atoms with van der Waals surface area (Å²) in [6, 6.07) is 0.0673. The third kappa shape index (κ3) is 6.61. The molecular weight excluding hydrogens is 220 g/mol. The van der Waals surface area contributed by atoms with Gasteiger partial charge < -0.3 is 20.1 Å². The first-order valence-electron chi connectivity index (χ1n) is 6.35. The van der Waals surface area contributed by atoms with Crippen LogP contribution in [0.2, 0.25) is 0 Å². The molecule has 1 fully saturated rings. The molecule has 1 aliphatic rings. The van der Waals surface area contributed by atoms with Crippen LogP contribution < -0.4 is 10.6 Å². The first kappa shape index (κ1) is 14.4. The maximum Gasteiger partial charge on any atom is 0.220 e. The molecule has 100 valence electrons. The molecule has 2 unspecified atom stereocenters. The van der Waals surface area contributed by atoms with Gasteiger partial charge in [0.25, 0.3) is 0 Å². The van der Waals surface area contributed by atoms with Gasteiger partial charge in [0, 0.05) is 19.1 Å². The minimum atomic E-state index is 0.0673. The molecule has 1 aliphatic heterocycles. The van der Waals surface area contributed by atoms with Crippen molar-refractivity contribution >= 4 is 5.91 Å². The van der Waals surface area contributed by atoms with Crippen LogP contribution >= 0.6 is 0 Å². The predicted octanol–water partition coefficient (Wildman–Crippen LogP) is 0.296. The second-order valence-electron chi connectivity index (χ2n) is 4.49. The summed E-state index contributed by atoms with van der Waals surface area (Å²) in [6.07, 6.45) is 2.60. The van der Waals surface area contributed by atoms with Gasteiger partial charge in [-0.05, 0) is 33.4 Å². The Kier molecular flexibility index (Phi) is 7.16. The lowest BCUT2D eigenvalue weighted by molar-refractivity contribution is -0.122. The molecule has 0 radical (unpaired) electrons. The molecule has 1 amide bonds. The van der Waals surface area contributed by atoms with Crippen molar-refractivity contribution < 1.29 is 14.3 Å². The fraction of sp³-hybridized carbons (Fsp3) is 0.917. The molecule has 5 nitrogen and oxygen atoms in total. The highest BCUT2D eigenvalue weighted by Gasteiger charge is 2.17. The number of rotatable bonds is 8. The molecule has 1 rings (SSSR count). The highest BCUT2D eigenvalue weighted by molar-refractivity contribution is 5.76. The Bertz CT molecular complexity index is 218. The predicted molar refractivity (Wildman–Crippen MR) is 65.9 cm³/mol. The minimum absolute atomic E-state index is 0.0673. The summed E-state index contributed by atoms with van der Waals surface area (Å²) in [5.74, 6) is 0.0963. The summed E-state index contributed by atoms with van der Waals surface area (Å²) in [4.78, 5) is 11.5. The van der Waals surface area contributed by atoms with E-state index in [4.69, 9.17) is 9.47 Å². The molecule has 5 heteroatoms. The molecule has 1 heterocycles. The third-order valence-corrected chi connectivity index (χ3v) is 2.71. The molecule has 0 spiro atoms. The van der Waals surface area contributed by atoms with Crippen LogP contribution in [-0.2, 0) is 14.3 Å². The molecule has 0 bridgehead atoms. The summed E-state index contributed by atoms with van der Waals surface area (Å²) < 4.78 is 10.9. The molecule has 17 heavy (non-hydrogen) atoms. The Morgan fingerprint density at radius 3 is 3.06 bits per heavy atom.